The van der Waals surface area contributed by atoms with Crippen molar-refractivity contribution >= 4 is 29.3 Å². The van der Waals surface area contributed by atoms with E-state index in [1.54, 1.807) is 29.2 Å². The van der Waals surface area contributed by atoms with Crippen LogP contribution >= 0.6 is 11.6 Å². The zero-order valence-electron chi connectivity index (χ0n) is 16.5. The molecular formula is C23H24ClN3O3. The third-order valence-corrected chi connectivity index (χ3v) is 6.14. The molecule has 1 aliphatic heterocycles. The summed E-state index contributed by atoms with van der Waals surface area (Å²) >= 11 is 5.90. The quantitative estimate of drug-likeness (QED) is 0.790. The first-order valence-electron chi connectivity index (χ1n) is 10.2. The molecule has 1 aliphatic carbocycles. The highest BCUT2D eigenvalue weighted by atomic mass is 35.5. The van der Waals surface area contributed by atoms with Gasteiger partial charge in [-0.1, -0.05) is 41.9 Å². The van der Waals surface area contributed by atoms with E-state index in [9.17, 15) is 14.4 Å². The lowest BCUT2D eigenvalue weighted by Gasteiger charge is -2.23. The van der Waals surface area contributed by atoms with E-state index in [0.29, 0.717) is 36.5 Å². The molecule has 0 radical (unpaired) electrons. The minimum absolute atomic E-state index is 0.0202. The lowest BCUT2D eigenvalue weighted by molar-refractivity contribution is -0.125. The minimum atomic E-state index is -0.181. The third-order valence-electron chi connectivity index (χ3n) is 5.89. The van der Waals surface area contributed by atoms with Crippen LogP contribution in [0.15, 0.2) is 54.6 Å². The number of nitrogens with zero attached hydrogens (tertiary/aromatic N) is 1. The van der Waals surface area contributed by atoms with Gasteiger partial charge in [0.25, 0.3) is 5.91 Å². The molecule has 4 rings (SSSR count). The zero-order valence-corrected chi connectivity index (χ0v) is 17.3. The highest BCUT2D eigenvalue weighted by Crippen LogP contribution is 2.33. The molecule has 7 heteroatoms. The summed E-state index contributed by atoms with van der Waals surface area (Å²) in [4.78, 5) is 39.5. The van der Waals surface area contributed by atoms with Crippen LogP contribution in [0.2, 0.25) is 5.02 Å². The van der Waals surface area contributed by atoms with E-state index >= 15 is 0 Å². The molecule has 6 nitrogen and oxygen atoms in total. The first-order valence-corrected chi connectivity index (χ1v) is 10.5. The molecule has 3 atom stereocenters. The van der Waals surface area contributed by atoms with Crippen molar-refractivity contribution in [3.05, 3.63) is 70.7 Å². The number of carbonyl (C=O) groups excluding carboxylic acids is 3. The Kier molecular flexibility index (Phi) is 6.04. The van der Waals surface area contributed by atoms with E-state index in [2.05, 4.69) is 10.6 Å². The van der Waals surface area contributed by atoms with Crippen molar-refractivity contribution in [1.29, 1.82) is 0 Å². The van der Waals surface area contributed by atoms with Gasteiger partial charge in [0.1, 0.15) is 0 Å². The number of hydrogen-bond donors (Lipinski definition) is 2. The second-order valence-electron chi connectivity index (χ2n) is 8.00. The monoisotopic (exact) mass is 425 g/mol. The molecule has 0 bridgehead atoms. The predicted octanol–water partition coefficient (Wildman–Crippen LogP) is 2.62. The molecule has 30 heavy (non-hydrogen) atoms. The van der Waals surface area contributed by atoms with Crippen LogP contribution in [-0.2, 0) is 16.1 Å². The van der Waals surface area contributed by atoms with Crippen molar-refractivity contribution in [1.82, 2.24) is 15.5 Å². The Balaban J connectivity index is 1.38. The summed E-state index contributed by atoms with van der Waals surface area (Å²) in [7, 11) is 0. The molecule has 2 fully saturated rings. The highest BCUT2D eigenvalue weighted by Gasteiger charge is 2.42. The van der Waals surface area contributed by atoms with Crippen molar-refractivity contribution in [2.75, 3.05) is 13.1 Å². The molecule has 2 aliphatic rings. The number of carbonyl (C=O) groups is 3. The van der Waals surface area contributed by atoms with Crippen LogP contribution in [0, 0.1) is 11.8 Å². The molecule has 1 saturated heterocycles. The molecule has 2 aromatic carbocycles. The molecule has 0 spiro atoms. The average molecular weight is 426 g/mol. The Labute approximate surface area is 180 Å². The zero-order chi connectivity index (χ0) is 21.1. The van der Waals surface area contributed by atoms with Gasteiger partial charge in [0.05, 0.1) is 6.54 Å². The minimum Gasteiger partial charge on any atom is -0.352 e. The summed E-state index contributed by atoms with van der Waals surface area (Å²) < 4.78 is 0. The Morgan fingerprint density at radius 2 is 1.80 bits per heavy atom. The number of amides is 3. The fraction of sp³-hybridized carbons (Fsp3) is 0.348. The van der Waals surface area contributed by atoms with E-state index in [0.717, 1.165) is 5.56 Å². The van der Waals surface area contributed by atoms with Gasteiger partial charge in [-0.2, -0.15) is 0 Å². The summed E-state index contributed by atoms with van der Waals surface area (Å²) in [5, 5.41) is 6.65. The summed E-state index contributed by atoms with van der Waals surface area (Å²) in [5.74, 6) is -0.459. The van der Waals surface area contributed by atoms with E-state index in [4.69, 9.17) is 11.6 Å². The van der Waals surface area contributed by atoms with E-state index in [1.165, 1.54) is 0 Å². The Hall–Kier alpha value is -2.86. The van der Waals surface area contributed by atoms with Gasteiger partial charge in [-0.3, -0.25) is 14.4 Å². The fourth-order valence-electron chi connectivity index (χ4n) is 4.34. The Morgan fingerprint density at radius 1 is 1.07 bits per heavy atom. The smallest absolute Gasteiger partial charge is 0.254 e. The summed E-state index contributed by atoms with van der Waals surface area (Å²) in [6.07, 6.45) is 1.24. The Morgan fingerprint density at radius 3 is 2.53 bits per heavy atom. The van der Waals surface area contributed by atoms with Gasteiger partial charge in [0, 0.05) is 35.6 Å². The number of hydrogen-bond acceptors (Lipinski definition) is 3. The molecule has 1 heterocycles. The maximum absolute atomic E-state index is 12.8. The number of rotatable bonds is 4. The first-order chi connectivity index (χ1) is 14.5. The molecular weight excluding hydrogens is 402 g/mol. The van der Waals surface area contributed by atoms with Crippen molar-refractivity contribution in [2.45, 2.75) is 25.4 Å². The van der Waals surface area contributed by atoms with Crippen molar-refractivity contribution in [3.63, 3.8) is 0 Å². The maximum atomic E-state index is 12.8. The predicted molar refractivity (Wildman–Crippen MR) is 114 cm³/mol. The first kappa shape index (κ1) is 20.4. The van der Waals surface area contributed by atoms with Crippen LogP contribution < -0.4 is 10.6 Å². The summed E-state index contributed by atoms with van der Waals surface area (Å²) in [5.41, 5.74) is 1.55. The van der Waals surface area contributed by atoms with Crippen LogP contribution in [0.3, 0.4) is 0 Å². The molecule has 2 aromatic rings. The fourth-order valence-corrected chi connectivity index (χ4v) is 4.47. The van der Waals surface area contributed by atoms with Crippen molar-refractivity contribution in [2.24, 2.45) is 11.8 Å². The second-order valence-corrected chi connectivity index (χ2v) is 8.43. The molecule has 3 unspecified atom stereocenters. The van der Waals surface area contributed by atoms with Gasteiger partial charge < -0.3 is 15.5 Å². The lowest BCUT2D eigenvalue weighted by Crippen LogP contribution is -2.39. The third kappa shape index (κ3) is 4.65. The summed E-state index contributed by atoms with van der Waals surface area (Å²) in [6.45, 7) is 0.957. The second kappa shape index (κ2) is 8.88. The van der Waals surface area contributed by atoms with E-state index in [1.807, 2.05) is 30.3 Å². The van der Waals surface area contributed by atoms with E-state index in [-0.39, 0.29) is 42.1 Å². The number of halogens is 1. The largest absolute Gasteiger partial charge is 0.352 e. The van der Waals surface area contributed by atoms with Crippen LogP contribution in [0.1, 0.15) is 28.8 Å². The molecule has 156 valence electrons. The topological polar surface area (TPSA) is 78.5 Å². The van der Waals surface area contributed by atoms with Crippen LogP contribution in [0.25, 0.3) is 0 Å². The number of fused-ring (bicyclic) bond motifs is 1. The molecule has 1 saturated carbocycles. The lowest BCUT2D eigenvalue weighted by atomic mass is 10.0. The average Bonchev–Trinajstić information content (AvgIpc) is 3.07. The summed E-state index contributed by atoms with van der Waals surface area (Å²) in [6, 6.07) is 16.3. The van der Waals surface area contributed by atoms with Crippen molar-refractivity contribution in [3.8, 4) is 0 Å². The van der Waals surface area contributed by atoms with Gasteiger partial charge in [0.2, 0.25) is 11.8 Å². The van der Waals surface area contributed by atoms with Crippen LogP contribution in [0.5, 0.6) is 0 Å². The molecule has 3 amide bonds. The van der Waals surface area contributed by atoms with Crippen LogP contribution in [-0.4, -0.2) is 41.8 Å². The standard InChI is InChI=1S/C23H24ClN3O3/c24-19-8-6-15(7-9-19)12-25-22(29)17-10-18-13-27(14-21(28)26-20(18)11-17)23(30)16-4-2-1-3-5-16/h1-9,17-18,20H,10-14H2,(H,25,29)(H,26,28). The van der Waals surface area contributed by atoms with Gasteiger partial charge in [-0.05, 0) is 48.6 Å². The number of nitrogens with one attached hydrogen (secondary N) is 2. The van der Waals surface area contributed by atoms with Crippen molar-refractivity contribution < 1.29 is 14.4 Å². The van der Waals surface area contributed by atoms with Gasteiger partial charge in [0.15, 0.2) is 0 Å². The van der Waals surface area contributed by atoms with E-state index < -0.39 is 0 Å². The SMILES string of the molecule is O=C1CN(C(=O)c2ccccc2)CC2CC(C(=O)NCc3ccc(Cl)cc3)CC2N1. The van der Waals surface area contributed by atoms with Gasteiger partial charge in [-0.15, -0.1) is 0 Å². The molecule has 2 N–H and O–H groups in total. The Bertz CT molecular complexity index is 932. The van der Waals surface area contributed by atoms with Gasteiger partial charge >= 0.3 is 0 Å². The van der Waals surface area contributed by atoms with Gasteiger partial charge in [-0.25, -0.2) is 0 Å². The highest BCUT2D eigenvalue weighted by molar-refractivity contribution is 6.30. The van der Waals surface area contributed by atoms with Crippen LogP contribution in [0.4, 0.5) is 0 Å². The number of benzene rings is 2. The molecule has 0 aromatic heterocycles. The normalized spacial score (nSPS) is 23.3. The maximum Gasteiger partial charge on any atom is 0.254 e.